The fraction of sp³-hybridized carbons (Fsp3) is 0.412. The topological polar surface area (TPSA) is 20.2 Å². The van der Waals surface area contributed by atoms with Gasteiger partial charge in [-0.3, -0.25) is 0 Å². The quantitative estimate of drug-likeness (QED) is 0.858. The molecule has 2 rings (SSSR count). The minimum absolute atomic E-state index is 0.0515. The van der Waals surface area contributed by atoms with E-state index in [1.54, 1.807) is 0 Å². The van der Waals surface area contributed by atoms with Gasteiger partial charge in [0.05, 0.1) is 0 Å². The Labute approximate surface area is 109 Å². The first-order chi connectivity index (χ1) is 8.57. The van der Waals surface area contributed by atoms with Crippen LogP contribution in [0.15, 0.2) is 42.5 Å². The maximum Gasteiger partial charge on any atom is 0.0490 e. The van der Waals surface area contributed by atoms with Crippen molar-refractivity contribution in [2.75, 3.05) is 6.61 Å². The number of rotatable bonds is 4. The van der Waals surface area contributed by atoms with E-state index in [0.29, 0.717) is 5.92 Å². The highest BCUT2D eigenvalue weighted by atomic mass is 16.3. The van der Waals surface area contributed by atoms with Gasteiger partial charge >= 0.3 is 0 Å². The van der Waals surface area contributed by atoms with Gasteiger partial charge in [-0.1, -0.05) is 63.2 Å². The molecule has 0 aliphatic heterocycles. The first-order valence-electron chi connectivity index (χ1n) is 6.64. The minimum Gasteiger partial charge on any atom is -0.396 e. The van der Waals surface area contributed by atoms with Crippen molar-refractivity contribution in [2.24, 2.45) is 11.3 Å². The van der Waals surface area contributed by atoms with E-state index in [-0.39, 0.29) is 12.0 Å². The van der Waals surface area contributed by atoms with E-state index in [2.05, 4.69) is 63.2 Å². The summed E-state index contributed by atoms with van der Waals surface area (Å²) in [6.45, 7) is 6.76. The largest absolute Gasteiger partial charge is 0.396 e. The van der Waals surface area contributed by atoms with Crippen molar-refractivity contribution in [3.63, 3.8) is 0 Å². The van der Waals surface area contributed by atoms with Gasteiger partial charge in [0, 0.05) is 6.61 Å². The monoisotopic (exact) mass is 242 g/mol. The van der Waals surface area contributed by atoms with Crippen LogP contribution in [0.1, 0.15) is 26.3 Å². The van der Waals surface area contributed by atoms with Crippen LogP contribution in [0.2, 0.25) is 0 Å². The number of aliphatic hydroxyl groups excluding tert-OH is 1. The predicted octanol–water partition coefficient (Wildman–Crippen LogP) is 4.04. The van der Waals surface area contributed by atoms with Crippen molar-refractivity contribution in [1.82, 2.24) is 0 Å². The molecule has 1 heteroatoms. The molecule has 1 unspecified atom stereocenters. The molecule has 18 heavy (non-hydrogen) atoms. The molecule has 1 N–H and O–H groups in total. The summed E-state index contributed by atoms with van der Waals surface area (Å²) < 4.78 is 0. The molecule has 0 aromatic heterocycles. The van der Waals surface area contributed by atoms with Crippen molar-refractivity contribution in [3.8, 4) is 0 Å². The fourth-order valence-electron chi connectivity index (χ4n) is 2.32. The molecular formula is C17H22O. The van der Waals surface area contributed by atoms with E-state index < -0.39 is 0 Å². The van der Waals surface area contributed by atoms with Crippen molar-refractivity contribution in [2.45, 2.75) is 27.2 Å². The number of hydrogen-bond acceptors (Lipinski definition) is 1. The van der Waals surface area contributed by atoms with E-state index in [0.717, 1.165) is 6.42 Å². The Morgan fingerprint density at radius 3 is 2.39 bits per heavy atom. The summed E-state index contributed by atoms with van der Waals surface area (Å²) in [4.78, 5) is 0. The third-order valence-corrected chi connectivity index (χ3v) is 4.23. The van der Waals surface area contributed by atoms with Crippen LogP contribution in [0.3, 0.4) is 0 Å². The van der Waals surface area contributed by atoms with E-state index in [4.69, 9.17) is 0 Å². The van der Waals surface area contributed by atoms with E-state index in [1.165, 1.54) is 16.3 Å². The second-order valence-electron chi connectivity index (χ2n) is 5.78. The molecule has 1 atom stereocenters. The van der Waals surface area contributed by atoms with Gasteiger partial charge in [-0.2, -0.15) is 0 Å². The Bertz CT molecular complexity index is 525. The molecule has 0 heterocycles. The van der Waals surface area contributed by atoms with Gasteiger partial charge in [-0.25, -0.2) is 0 Å². The lowest BCUT2D eigenvalue weighted by Gasteiger charge is -2.32. The molecule has 0 aliphatic carbocycles. The molecule has 96 valence electrons. The van der Waals surface area contributed by atoms with E-state index in [9.17, 15) is 5.11 Å². The van der Waals surface area contributed by atoms with Crippen LogP contribution in [0, 0.1) is 11.3 Å². The van der Waals surface area contributed by atoms with Crippen molar-refractivity contribution in [3.05, 3.63) is 48.0 Å². The average Bonchev–Trinajstić information content (AvgIpc) is 2.39. The van der Waals surface area contributed by atoms with Crippen LogP contribution in [0.4, 0.5) is 0 Å². The lowest BCUT2D eigenvalue weighted by atomic mass is 9.74. The first-order valence-corrected chi connectivity index (χ1v) is 6.64. The number of benzene rings is 2. The average molecular weight is 242 g/mol. The van der Waals surface area contributed by atoms with E-state index in [1.807, 2.05) is 0 Å². The summed E-state index contributed by atoms with van der Waals surface area (Å²) >= 11 is 0. The van der Waals surface area contributed by atoms with Crippen LogP contribution in [-0.2, 0) is 6.42 Å². The fourth-order valence-corrected chi connectivity index (χ4v) is 2.32. The summed E-state index contributed by atoms with van der Waals surface area (Å²) in [6, 6.07) is 14.9. The highest BCUT2D eigenvalue weighted by Crippen LogP contribution is 2.33. The normalized spacial score (nSPS) is 14.9. The third-order valence-electron chi connectivity index (χ3n) is 4.23. The lowest BCUT2D eigenvalue weighted by Crippen LogP contribution is -2.30. The van der Waals surface area contributed by atoms with Gasteiger partial charge in [0.15, 0.2) is 0 Å². The zero-order valence-corrected chi connectivity index (χ0v) is 11.5. The first kappa shape index (κ1) is 13.1. The summed E-state index contributed by atoms with van der Waals surface area (Å²) in [6.07, 6.45) is 0.919. The minimum atomic E-state index is -0.0515. The maximum absolute atomic E-state index is 9.69. The molecule has 0 amide bonds. The molecule has 2 aromatic carbocycles. The zero-order valence-electron chi connectivity index (χ0n) is 11.5. The Morgan fingerprint density at radius 2 is 1.72 bits per heavy atom. The van der Waals surface area contributed by atoms with Gasteiger partial charge in [0.25, 0.3) is 0 Å². The molecule has 0 fully saturated rings. The zero-order chi connectivity index (χ0) is 13.2. The predicted molar refractivity (Wildman–Crippen MR) is 77.7 cm³/mol. The summed E-state index contributed by atoms with van der Waals surface area (Å²) in [5.74, 6) is 0.460. The summed E-state index contributed by atoms with van der Waals surface area (Å²) in [7, 11) is 0. The van der Waals surface area contributed by atoms with Crippen LogP contribution in [-0.4, -0.2) is 11.7 Å². The number of hydrogen-bond donors (Lipinski definition) is 1. The molecule has 0 radical (unpaired) electrons. The van der Waals surface area contributed by atoms with Crippen LogP contribution in [0.5, 0.6) is 0 Å². The molecule has 0 saturated heterocycles. The van der Waals surface area contributed by atoms with Gasteiger partial charge in [-0.05, 0) is 34.1 Å². The molecule has 0 saturated carbocycles. The summed E-state index contributed by atoms with van der Waals surface area (Å²) in [5, 5.41) is 12.3. The molecule has 0 spiro atoms. The highest BCUT2D eigenvalue weighted by Gasteiger charge is 2.28. The number of fused-ring (bicyclic) bond motifs is 1. The molecule has 1 nitrogen and oxygen atoms in total. The Balaban J connectivity index is 2.43. The van der Waals surface area contributed by atoms with Crippen LogP contribution >= 0.6 is 0 Å². The van der Waals surface area contributed by atoms with E-state index >= 15 is 0 Å². The van der Waals surface area contributed by atoms with Crippen molar-refractivity contribution in [1.29, 1.82) is 0 Å². The lowest BCUT2D eigenvalue weighted by molar-refractivity contribution is 0.0951. The third kappa shape index (κ3) is 2.41. The molecule has 0 aliphatic rings. The molecular weight excluding hydrogens is 220 g/mol. The molecule has 0 bridgehead atoms. The maximum atomic E-state index is 9.69. The van der Waals surface area contributed by atoms with Gasteiger partial charge in [-0.15, -0.1) is 0 Å². The highest BCUT2D eigenvalue weighted by molar-refractivity contribution is 5.85. The Kier molecular flexibility index (Phi) is 3.72. The Hall–Kier alpha value is -1.34. The van der Waals surface area contributed by atoms with Crippen molar-refractivity contribution >= 4 is 10.8 Å². The second-order valence-corrected chi connectivity index (χ2v) is 5.78. The van der Waals surface area contributed by atoms with Gasteiger partial charge < -0.3 is 5.11 Å². The van der Waals surface area contributed by atoms with Crippen LogP contribution < -0.4 is 0 Å². The Morgan fingerprint density at radius 1 is 1.06 bits per heavy atom. The summed E-state index contributed by atoms with van der Waals surface area (Å²) in [5.41, 5.74) is 1.28. The standard InChI is InChI=1S/C17H22O/c1-13(2)17(3,12-18)11-15-9-6-8-14-7-4-5-10-16(14)15/h4-10,13,18H,11-12H2,1-3H3. The van der Waals surface area contributed by atoms with Crippen LogP contribution in [0.25, 0.3) is 10.8 Å². The molecule has 2 aromatic rings. The smallest absolute Gasteiger partial charge is 0.0490 e. The number of aliphatic hydroxyl groups is 1. The van der Waals surface area contributed by atoms with Gasteiger partial charge in [0.1, 0.15) is 0 Å². The SMILES string of the molecule is CC(C)C(C)(CO)Cc1cccc2ccccc12. The second kappa shape index (κ2) is 5.11. The van der Waals surface area contributed by atoms with Crippen molar-refractivity contribution < 1.29 is 5.11 Å². The van der Waals surface area contributed by atoms with Gasteiger partial charge in [0.2, 0.25) is 0 Å².